The highest BCUT2D eigenvalue weighted by Crippen LogP contribution is 2.31. The molecule has 32 heavy (non-hydrogen) atoms. The molecule has 0 aliphatic heterocycles. The zero-order valence-corrected chi connectivity index (χ0v) is 18.1. The van der Waals surface area contributed by atoms with Crippen molar-refractivity contribution in [3.8, 4) is 11.4 Å². The number of aromatic nitrogens is 3. The van der Waals surface area contributed by atoms with Gasteiger partial charge in [-0.15, -0.1) is 5.10 Å². The lowest BCUT2D eigenvalue weighted by Crippen LogP contribution is -2.29. The minimum absolute atomic E-state index is 0.121. The van der Waals surface area contributed by atoms with Gasteiger partial charge in [0, 0.05) is 5.56 Å². The van der Waals surface area contributed by atoms with E-state index < -0.39 is 6.09 Å². The van der Waals surface area contributed by atoms with Crippen molar-refractivity contribution in [2.45, 2.75) is 26.9 Å². The maximum Gasteiger partial charge on any atom is 0.438 e. The number of anilines is 1. The lowest BCUT2D eigenvalue weighted by molar-refractivity contribution is 0.140. The van der Waals surface area contributed by atoms with Crippen molar-refractivity contribution in [3.05, 3.63) is 77.4 Å². The van der Waals surface area contributed by atoms with E-state index in [1.165, 1.54) is 12.7 Å². The number of fused-ring (bicyclic) bond motifs is 1. The molecule has 0 unspecified atom stereocenters. The molecule has 0 bridgehead atoms. The number of ether oxygens (including phenoxy) is 2. The predicted octanol–water partition coefficient (Wildman–Crippen LogP) is 4.83. The van der Waals surface area contributed by atoms with Gasteiger partial charge < -0.3 is 9.47 Å². The first-order valence-corrected chi connectivity index (χ1v) is 10.3. The van der Waals surface area contributed by atoms with E-state index in [4.69, 9.17) is 9.47 Å². The van der Waals surface area contributed by atoms with Crippen LogP contribution in [-0.2, 0) is 17.8 Å². The smallest absolute Gasteiger partial charge is 0.438 e. The Kier molecular flexibility index (Phi) is 6.04. The maximum atomic E-state index is 12.2. The molecule has 0 spiro atoms. The van der Waals surface area contributed by atoms with Gasteiger partial charge in [0.25, 0.3) is 0 Å². The van der Waals surface area contributed by atoms with Crippen molar-refractivity contribution in [1.82, 2.24) is 15.0 Å². The number of nitrogens with zero attached hydrogens (tertiary/aromatic N) is 4. The summed E-state index contributed by atoms with van der Waals surface area (Å²) in [6, 6.07) is 18.8. The van der Waals surface area contributed by atoms with Crippen molar-refractivity contribution >= 4 is 22.8 Å². The summed E-state index contributed by atoms with van der Waals surface area (Å²) in [5, 5.41) is 19.6. The van der Waals surface area contributed by atoms with Crippen LogP contribution in [0.5, 0.6) is 5.75 Å². The van der Waals surface area contributed by atoms with E-state index in [-0.39, 0.29) is 12.3 Å². The Bertz CT molecular complexity index is 1270. The second kappa shape index (κ2) is 9.07. The van der Waals surface area contributed by atoms with Crippen molar-refractivity contribution in [1.29, 1.82) is 0 Å². The Hall–Kier alpha value is -3.91. The fourth-order valence-electron chi connectivity index (χ4n) is 3.58. The molecule has 0 aliphatic rings. The van der Waals surface area contributed by atoms with Crippen LogP contribution in [-0.4, -0.2) is 33.4 Å². The lowest BCUT2D eigenvalue weighted by Gasteiger charge is -2.21. The molecule has 4 rings (SSSR count). The summed E-state index contributed by atoms with van der Waals surface area (Å²) in [6.45, 7) is 4.21. The maximum absolute atomic E-state index is 12.2. The highest BCUT2D eigenvalue weighted by Gasteiger charge is 2.24. The van der Waals surface area contributed by atoms with E-state index in [0.717, 1.165) is 23.3 Å². The number of para-hydroxylation sites is 2. The molecule has 1 heterocycles. The highest BCUT2D eigenvalue weighted by atomic mass is 16.6. The van der Waals surface area contributed by atoms with Crippen molar-refractivity contribution in [2.75, 3.05) is 12.2 Å². The number of benzene rings is 3. The molecule has 8 nitrogen and oxygen atoms in total. The third kappa shape index (κ3) is 4.00. The van der Waals surface area contributed by atoms with Gasteiger partial charge in [-0.05, 0) is 48.7 Å². The number of carbonyl (C=O) groups is 1. The van der Waals surface area contributed by atoms with E-state index in [0.29, 0.717) is 21.8 Å². The molecular formula is C24H24N4O4. The van der Waals surface area contributed by atoms with Crippen LogP contribution in [0.15, 0.2) is 60.7 Å². The largest absolute Gasteiger partial charge is 0.489 e. The first-order valence-electron chi connectivity index (χ1n) is 10.3. The average molecular weight is 432 g/mol. The van der Waals surface area contributed by atoms with Crippen LogP contribution in [0.3, 0.4) is 0 Å². The summed E-state index contributed by atoms with van der Waals surface area (Å²) in [5.74, 6) is 0.729. The molecule has 0 atom stereocenters. The summed E-state index contributed by atoms with van der Waals surface area (Å²) in [6.07, 6.45) is 0.0178. The molecule has 0 aliphatic carbocycles. The Balaban J connectivity index is 1.77. The first kappa shape index (κ1) is 21.3. The third-order valence-corrected chi connectivity index (χ3v) is 5.27. The lowest BCUT2D eigenvalue weighted by atomic mass is 10.1. The highest BCUT2D eigenvalue weighted by molar-refractivity contribution is 5.90. The number of hydrogen-bond donors (Lipinski definition) is 1. The van der Waals surface area contributed by atoms with E-state index in [1.54, 1.807) is 16.8 Å². The average Bonchev–Trinajstić information content (AvgIpc) is 3.26. The number of amides is 1. The zero-order chi connectivity index (χ0) is 22.7. The van der Waals surface area contributed by atoms with Gasteiger partial charge in [-0.2, -0.15) is 5.06 Å². The Labute approximate surface area is 185 Å². The molecule has 3 aromatic carbocycles. The molecule has 0 radical (unpaired) electrons. The summed E-state index contributed by atoms with van der Waals surface area (Å²) < 4.78 is 12.4. The SMILES string of the molecule is CCc1ccc(OCc2cccc(-n3nnc4ccccc43)c2N(O)C(=O)OC)c(C)c1. The quantitative estimate of drug-likeness (QED) is 0.347. The number of hydrogen-bond acceptors (Lipinski definition) is 6. The molecular weight excluding hydrogens is 408 g/mol. The molecule has 1 aromatic heterocycles. The fourth-order valence-corrected chi connectivity index (χ4v) is 3.58. The predicted molar refractivity (Wildman–Crippen MR) is 120 cm³/mol. The van der Waals surface area contributed by atoms with E-state index in [2.05, 4.69) is 23.3 Å². The molecule has 8 heteroatoms. The van der Waals surface area contributed by atoms with Crippen LogP contribution in [0, 0.1) is 6.92 Å². The fraction of sp³-hybridized carbons (Fsp3) is 0.208. The zero-order valence-electron chi connectivity index (χ0n) is 18.1. The van der Waals surface area contributed by atoms with Crippen LogP contribution >= 0.6 is 0 Å². The van der Waals surface area contributed by atoms with Crippen LogP contribution in [0.1, 0.15) is 23.6 Å². The summed E-state index contributed by atoms with van der Waals surface area (Å²) >= 11 is 0. The molecule has 1 N–H and O–H groups in total. The van der Waals surface area contributed by atoms with E-state index in [9.17, 15) is 10.0 Å². The standard InChI is InChI=1S/C24H24N4O4/c1-4-17-12-13-22(16(2)14-17)32-15-18-8-7-11-21(23(18)28(30)24(29)31-3)27-20-10-6-5-9-19(20)25-26-27/h5-14,30H,4,15H2,1-3H3. The van der Waals surface area contributed by atoms with Crippen molar-refractivity contribution in [2.24, 2.45) is 0 Å². The van der Waals surface area contributed by atoms with Gasteiger partial charge in [-0.1, -0.05) is 48.5 Å². The van der Waals surface area contributed by atoms with Gasteiger partial charge in [-0.25, -0.2) is 9.48 Å². The number of rotatable bonds is 6. The van der Waals surface area contributed by atoms with Crippen LogP contribution in [0.25, 0.3) is 16.7 Å². The molecule has 4 aromatic rings. The summed E-state index contributed by atoms with van der Waals surface area (Å²) in [5.41, 5.74) is 4.91. The third-order valence-electron chi connectivity index (χ3n) is 5.27. The topological polar surface area (TPSA) is 89.7 Å². The summed E-state index contributed by atoms with van der Waals surface area (Å²) in [4.78, 5) is 12.2. The number of methoxy groups -OCH3 is 1. The van der Waals surface area contributed by atoms with Gasteiger partial charge in [0.2, 0.25) is 0 Å². The number of hydroxylamine groups is 1. The van der Waals surface area contributed by atoms with Gasteiger partial charge >= 0.3 is 6.09 Å². The van der Waals surface area contributed by atoms with Gasteiger partial charge in [0.15, 0.2) is 0 Å². The Morgan fingerprint density at radius 1 is 1.12 bits per heavy atom. The minimum atomic E-state index is -0.924. The molecule has 1 amide bonds. The minimum Gasteiger partial charge on any atom is -0.489 e. The monoisotopic (exact) mass is 432 g/mol. The van der Waals surface area contributed by atoms with Crippen LogP contribution < -0.4 is 9.80 Å². The van der Waals surface area contributed by atoms with Crippen molar-refractivity contribution < 1.29 is 19.5 Å². The van der Waals surface area contributed by atoms with E-state index in [1.807, 2.05) is 49.4 Å². The second-order valence-corrected chi connectivity index (χ2v) is 7.30. The van der Waals surface area contributed by atoms with Gasteiger partial charge in [-0.3, -0.25) is 5.21 Å². The second-order valence-electron chi connectivity index (χ2n) is 7.30. The van der Waals surface area contributed by atoms with Crippen LogP contribution in [0.4, 0.5) is 10.5 Å². The molecule has 0 fully saturated rings. The van der Waals surface area contributed by atoms with Crippen LogP contribution in [0.2, 0.25) is 0 Å². The summed E-state index contributed by atoms with van der Waals surface area (Å²) in [7, 11) is 1.20. The number of carbonyl (C=O) groups excluding carboxylic acids is 1. The number of aryl methyl sites for hydroxylation is 2. The Morgan fingerprint density at radius 2 is 1.94 bits per heavy atom. The molecule has 164 valence electrons. The molecule has 0 saturated heterocycles. The molecule has 0 saturated carbocycles. The van der Waals surface area contributed by atoms with Crippen molar-refractivity contribution in [3.63, 3.8) is 0 Å². The Morgan fingerprint density at radius 3 is 2.69 bits per heavy atom. The van der Waals surface area contributed by atoms with E-state index >= 15 is 0 Å². The normalized spacial score (nSPS) is 10.9. The first-order chi connectivity index (χ1) is 15.5. The van der Waals surface area contributed by atoms with Gasteiger partial charge in [0.05, 0.1) is 18.3 Å². The van der Waals surface area contributed by atoms with Gasteiger partial charge in [0.1, 0.15) is 23.6 Å².